The summed E-state index contributed by atoms with van der Waals surface area (Å²) in [7, 11) is 0. The highest BCUT2D eigenvalue weighted by Crippen LogP contribution is 2.23. The van der Waals surface area contributed by atoms with Gasteiger partial charge < -0.3 is 9.88 Å². The van der Waals surface area contributed by atoms with E-state index in [2.05, 4.69) is 45.3 Å². The summed E-state index contributed by atoms with van der Waals surface area (Å²) in [5.74, 6) is -0.200. The van der Waals surface area contributed by atoms with Gasteiger partial charge in [-0.15, -0.1) is 0 Å². The first kappa shape index (κ1) is 16.3. The van der Waals surface area contributed by atoms with Crippen molar-refractivity contribution in [1.29, 1.82) is 0 Å². The van der Waals surface area contributed by atoms with Gasteiger partial charge in [-0.1, -0.05) is 30.3 Å². The third-order valence-electron chi connectivity index (χ3n) is 4.54. The quantitative estimate of drug-likeness (QED) is 0.540. The summed E-state index contributed by atoms with van der Waals surface area (Å²) in [6.45, 7) is 1.59. The van der Waals surface area contributed by atoms with Gasteiger partial charge in [0, 0.05) is 48.3 Å². The molecule has 0 amide bonds. The van der Waals surface area contributed by atoms with Crippen LogP contribution in [0.4, 0.5) is 10.1 Å². The van der Waals surface area contributed by atoms with Gasteiger partial charge in [0.05, 0.1) is 0 Å². The highest BCUT2D eigenvalue weighted by molar-refractivity contribution is 5.84. The van der Waals surface area contributed by atoms with Crippen molar-refractivity contribution in [2.75, 3.05) is 11.9 Å². The van der Waals surface area contributed by atoms with Crippen molar-refractivity contribution in [3.63, 3.8) is 0 Å². The zero-order valence-corrected chi connectivity index (χ0v) is 14.4. The van der Waals surface area contributed by atoms with Gasteiger partial charge in [-0.05, 0) is 47.9 Å². The fraction of sp³-hybridized carbons (Fsp3) is 0.136. The summed E-state index contributed by atoms with van der Waals surface area (Å²) in [5.41, 5.74) is 4.68. The molecule has 0 fully saturated rings. The topological polar surface area (TPSA) is 29.9 Å². The molecular formula is C22H20FN3. The van der Waals surface area contributed by atoms with Gasteiger partial charge in [-0.25, -0.2) is 4.39 Å². The third kappa shape index (κ3) is 3.59. The van der Waals surface area contributed by atoms with Crippen LogP contribution in [-0.4, -0.2) is 16.1 Å². The fourth-order valence-electron chi connectivity index (χ4n) is 3.25. The maximum atomic E-state index is 13.1. The number of hydrogen-bond acceptors (Lipinski definition) is 2. The Kier molecular flexibility index (Phi) is 4.65. The lowest BCUT2D eigenvalue weighted by Crippen LogP contribution is -2.04. The van der Waals surface area contributed by atoms with Gasteiger partial charge >= 0.3 is 0 Å². The standard InChI is InChI=1S/C22H20FN3/c23-19-7-5-17(6-8-19)15-26-16-18(21-3-1-2-4-22(21)26)9-14-25-20-10-12-24-13-11-20/h1-8,10-13,16H,9,14-15H2,(H,24,25). The number of halogens is 1. The van der Waals surface area contributed by atoms with E-state index in [4.69, 9.17) is 0 Å². The van der Waals surface area contributed by atoms with Crippen LogP contribution in [-0.2, 0) is 13.0 Å². The number of nitrogens with zero attached hydrogens (tertiary/aromatic N) is 2. The van der Waals surface area contributed by atoms with Crippen molar-refractivity contribution in [3.05, 3.63) is 96.2 Å². The van der Waals surface area contributed by atoms with Crippen LogP contribution >= 0.6 is 0 Å². The van der Waals surface area contributed by atoms with Crippen LogP contribution < -0.4 is 5.32 Å². The molecule has 0 bridgehead atoms. The Morgan fingerprint density at radius 2 is 1.69 bits per heavy atom. The number of para-hydroxylation sites is 1. The first-order chi connectivity index (χ1) is 12.8. The molecule has 0 aliphatic rings. The molecule has 0 spiro atoms. The highest BCUT2D eigenvalue weighted by Gasteiger charge is 2.08. The predicted molar refractivity (Wildman–Crippen MR) is 104 cm³/mol. The SMILES string of the molecule is Fc1ccc(Cn2cc(CCNc3ccncc3)c3ccccc32)cc1. The molecule has 0 aliphatic heterocycles. The normalized spacial score (nSPS) is 11.0. The molecule has 3 nitrogen and oxygen atoms in total. The molecule has 0 unspecified atom stereocenters. The van der Waals surface area contributed by atoms with Crippen LogP contribution in [0, 0.1) is 5.82 Å². The lowest BCUT2D eigenvalue weighted by atomic mass is 10.1. The van der Waals surface area contributed by atoms with Gasteiger partial charge in [0.15, 0.2) is 0 Å². The first-order valence-corrected chi connectivity index (χ1v) is 8.75. The van der Waals surface area contributed by atoms with Crippen LogP contribution in [0.25, 0.3) is 10.9 Å². The maximum Gasteiger partial charge on any atom is 0.123 e. The van der Waals surface area contributed by atoms with E-state index < -0.39 is 0 Å². The van der Waals surface area contributed by atoms with E-state index in [1.165, 1.54) is 28.6 Å². The largest absolute Gasteiger partial charge is 0.385 e. The first-order valence-electron chi connectivity index (χ1n) is 8.75. The number of pyridine rings is 1. The van der Waals surface area contributed by atoms with E-state index in [1.807, 2.05) is 24.3 Å². The van der Waals surface area contributed by atoms with Crippen molar-refractivity contribution in [2.24, 2.45) is 0 Å². The van der Waals surface area contributed by atoms with Gasteiger partial charge in [0.1, 0.15) is 5.82 Å². The van der Waals surface area contributed by atoms with Gasteiger partial charge in [0.25, 0.3) is 0 Å². The summed E-state index contributed by atoms with van der Waals surface area (Å²) in [6.07, 6.45) is 6.72. The lowest BCUT2D eigenvalue weighted by molar-refractivity contribution is 0.626. The number of anilines is 1. The monoisotopic (exact) mass is 345 g/mol. The molecule has 4 rings (SSSR count). The maximum absolute atomic E-state index is 13.1. The summed E-state index contributed by atoms with van der Waals surface area (Å²) >= 11 is 0. The Balaban J connectivity index is 1.54. The second kappa shape index (κ2) is 7.40. The predicted octanol–water partition coefficient (Wildman–Crippen LogP) is 4.88. The van der Waals surface area contributed by atoms with Gasteiger partial charge in [-0.3, -0.25) is 4.98 Å². The number of fused-ring (bicyclic) bond motifs is 1. The van der Waals surface area contributed by atoms with E-state index in [9.17, 15) is 4.39 Å². The zero-order valence-electron chi connectivity index (χ0n) is 14.4. The molecule has 4 aromatic rings. The molecule has 26 heavy (non-hydrogen) atoms. The van der Waals surface area contributed by atoms with Crippen LogP contribution in [0.1, 0.15) is 11.1 Å². The molecule has 0 aliphatic carbocycles. The average Bonchev–Trinajstić information content (AvgIpc) is 3.02. The van der Waals surface area contributed by atoms with E-state index in [0.29, 0.717) is 0 Å². The van der Waals surface area contributed by atoms with E-state index in [1.54, 1.807) is 12.4 Å². The van der Waals surface area contributed by atoms with Crippen molar-refractivity contribution in [1.82, 2.24) is 9.55 Å². The van der Waals surface area contributed by atoms with Crippen LogP contribution in [0.5, 0.6) is 0 Å². The van der Waals surface area contributed by atoms with Crippen LogP contribution in [0.2, 0.25) is 0 Å². The van der Waals surface area contributed by atoms with Crippen molar-refractivity contribution in [3.8, 4) is 0 Å². The Morgan fingerprint density at radius 3 is 2.50 bits per heavy atom. The van der Waals surface area contributed by atoms with Crippen molar-refractivity contribution >= 4 is 16.6 Å². The minimum atomic E-state index is -0.200. The minimum Gasteiger partial charge on any atom is -0.385 e. The second-order valence-corrected chi connectivity index (χ2v) is 6.34. The molecule has 0 saturated heterocycles. The van der Waals surface area contributed by atoms with E-state index in [-0.39, 0.29) is 5.82 Å². The Hall–Kier alpha value is -3.14. The summed E-state index contributed by atoms with van der Waals surface area (Å²) < 4.78 is 15.4. The average molecular weight is 345 g/mol. The fourth-order valence-corrected chi connectivity index (χ4v) is 3.25. The molecule has 0 saturated carbocycles. The number of benzene rings is 2. The number of nitrogens with one attached hydrogen (secondary N) is 1. The van der Waals surface area contributed by atoms with E-state index >= 15 is 0 Å². The molecule has 4 heteroatoms. The molecule has 2 aromatic carbocycles. The number of hydrogen-bond donors (Lipinski definition) is 1. The van der Waals surface area contributed by atoms with E-state index in [0.717, 1.165) is 30.8 Å². The highest BCUT2D eigenvalue weighted by atomic mass is 19.1. The molecular weight excluding hydrogens is 325 g/mol. The number of rotatable bonds is 6. The summed E-state index contributed by atoms with van der Waals surface area (Å²) in [5, 5.41) is 4.70. The zero-order chi connectivity index (χ0) is 17.8. The van der Waals surface area contributed by atoms with Gasteiger partial charge in [0.2, 0.25) is 0 Å². The molecule has 2 heterocycles. The van der Waals surface area contributed by atoms with Crippen molar-refractivity contribution < 1.29 is 4.39 Å². The smallest absolute Gasteiger partial charge is 0.123 e. The van der Waals surface area contributed by atoms with Crippen molar-refractivity contribution in [2.45, 2.75) is 13.0 Å². The van der Waals surface area contributed by atoms with Gasteiger partial charge in [-0.2, -0.15) is 0 Å². The lowest BCUT2D eigenvalue weighted by Gasteiger charge is -2.05. The molecule has 0 atom stereocenters. The number of aromatic nitrogens is 2. The van der Waals surface area contributed by atoms with Crippen LogP contribution in [0.15, 0.2) is 79.3 Å². The molecule has 2 aromatic heterocycles. The Morgan fingerprint density at radius 1 is 0.923 bits per heavy atom. The molecule has 1 N–H and O–H groups in total. The van der Waals surface area contributed by atoms with Crippen LogP contribution in [0.3, 0.4) is 0 Å². The molecule has 0 radical (unpaired) electrons. The second-order valence-electron chi connectivity index (χ2n) is 6.34. The Labute approximate surface area is 152 Å². The summed E-state index contributed by atoms with van der Waals surface area (Å²) in [4.78, 5) is 4.03. The third-order valence-corrected chi connectivity index (χ3v) is 4.54. The Bertz CT molecular complexity index is 991. The minimum absolute atomic E-state index is 0.200. The molecule has 130 valence electrons. The summed E-state index contributed by atoms with van der Waals surface area (Å²) in [6, 6.07) is 19.1.